The molecule has 2 aliphatic carbocycles. The number of fused-ring (bicyclic) bond motifs is 3. The van der Waals surface area contributed by atoms with E-state index in [1.54, 1.807) is 0 Å². The van der Waals surface area contributed by atoms with E-state index in [1.165, 1.54) is 18.2 Å². The van der Waals surface area contributed by atoms with Crippen LogP contribution in [-0.2, 0) is 26.7 Å². The molecule has 2 aromatic rings. The summed E-state index contributed by atoms with van der Waals surface area (Å²) in [6.07, 6.45) is -3.83. The van der Waals surface area contributed by atoms with Crippen LogP contribution in [0.25, 0.3) is 0 Å². The molecule has 3 nitrogen and oxygen atoms in total. The Balaban J connectivity index is 1.91. The fraction of sp³-hybridized carbons (Fsp3) is 0.455. The lowest BCUT2D eigenvalue weighted by atomic mass is 9.74. The monoisotopic (exact) mass is 459 g/mol. The van der Waals surface area contributed by atoms with Crippen molar-refractivity contribution in [3.63, 3.8) is 0 Å². The van der Waals surface area contributed by atoms with Gasteiger partial charge in [0.2, 0.25) is 5.67 Å². The number of rotatable bonds is 3. The minimum Gasteiger partial charge on any atom is -0.327 e. The number of halogens is 5. The predicted octanol–water partition coefficient (Wildman–Crippen LogP) is 4.93. The first-order chi connectivity index (χ1) is 14.3. The molecule has 0 aliphatic heterocycles. The van der Waals surface area contributed by atoms with Gasteiger partial charge in [0.05, 0.1) is 4.90 Å². The van der Waals surface area contributed by atoms with Gasteiger partial charge in [-0.05, 0) is 79.5 Å². The zero-order chi connectivity index (χ0) is 22.8. The molecule has 1 unspecified atom stereocenters. The molecular formula is C22H22F5NO2S. The van der Waals surface area contributed by atoms with Crippen molar-refractivity contribution in [2.24, 2.45) is 11.7 Å². The molecule has 0 bridgehead atoms. The Labute approximate surface area is 177 Å². The van der Waals surface area contributed by atoms with Gasteiger partial charge in [0.25, 0.3) is 0 Å². The molecule has 0 spiro atoms. The number of benzene rings is 2. The highest BCUT2D eigenvalue weighted by molar-refractivity contribution is 7.92. The van der Waals surface area contributed by atoms with Gasteiger partial charge in [-0.15, -0.1) is 0 Å². The van der Waals surface area contributed by atoms with Crippen molar-refractivity contribution in [1.29, 1.82) is 0 Å². The third kappa shape index (κ3) is 3.11. The molecule has 2 aromatic carbocycles. The summed E-state index contributed by atoms with van der Waals surface area (Å²) in [5.74, 6) is -1.03. The second kappa shape index (κ2) is 7.00. The van der Waals surface area contributed by atoms with Gasteiger partial charge in [0.15, 0.2) is 9.84 Å². The first-order valence-electron chi connectivity index (χ1n) is 9.97. The Bertz CT molecular complexity index is 1110. The van der Waals surface area contributed by atoms with E-state index in [1.807, 2.05) is 0 Å². The third-order valence-corrected chi connectivity index (χ3v) is 9.51. The molecule has 0 amide bonds. The van der Waals surface area contributed by atoms with Gasteiger partial charge in [0, 0.05) is 6.04 Å². The van der Waals surface area contributed by atoms with E-state index in [0.717, 1.165) is 24.3 Å². The molecule has 2 aliphatic rings. The van der Waals surface area contributed by atoms with Crippen molar-refractivity contribution in [2.75, 3.05) is 0 Å². The summed E-state index contributed by atoms with van der Waals surface area (Å²) in [4.78, 5) is -0.0736. The molecule has 1 saturated carbocycles. The topological polar surface area (TPSA) is 60.2 Å². The van der Waals surface area contributed by atoms with E-state index in [-0.39, 0.29) is 11.3 Å². The van der Waals surface area contributed by atoms with Crippen LogP contribution in [0.1, 0.15) is 42.9 Å². The lowest BCUT2D eigenvalue weighted by molar-refractivity contribution is -0.228. The van der Waals surface area contributed by atoms with Crippen molar-refractivity contribution in [3.05, 3.63) is 65.0 Å². The van der Waals surface area contributed by atoms with E-state index in [4.69, 9.17) is 5.73 Å². The zero-order valence-electron chi connectivity index (χ0n) is 16.7. The lowest BCUT2D eigenvalue weighted by Crippen LogP contribution is -2.47. The Hall–Kier alpha value is -2.00. The fourth-order valence-electron chi connectivity index (χ4n) is 5.18. The molecule has 0 saturated heterocycles. The molecule has 1 fully saturated rings. The maximum Gasteiger partial charge on any atom is 0.426 e. The molecule has 2 N–H and O–H groups in total. The molecule has 4 rings (SSSR count). The normalized spacial score (nSPS) is 28.0. The van der Waals surface area contributed by atoms with Gasteiger partial charge < -0.3 is 5.73 Å². The molecule has 9 heteroatoms. The smallest absolute Gasteiger partial charge is 0.327 e. The molecule has 0 aromatic heterocycles. The third-order valence-electron chi connectivity index (χ3n) is 6.93. The molecule has 0 heterocycles. The van der Waals surface area contributed by atoms with E-state index >= 15 is 0 Å². The van der Waals surface area contributed by atoms with E-state index < -0.39 is 49.8 Å². The first-order valence-corrected chi connectivity index (χ1v) is 11.5. The second-order valence-electron chi connectivity index (χ2n) is 8.57. The van der Waals surface area contributed by atoms with Crippen LogP contribution in [0, 0.1) is 11.7 Å². The fourth-order valence-corrected chi connectivity index (χ4v) is 7.66. The average molecular weight is 459 g/mol. The van der Waals surface area contributed by atoms with Crippen LogP contribution >= 0.6 is 0 Å². The van der Waals surface area contributed by atoms with Crippen molar-refractivity contribution in [2.45, 2.75) is 60.1 Å². The van der Waals surface area contributed by atoms with E-state index in [0.29, 0.717) is 37.3 Å². The van der Waals surface area contributed by atoms with Crippen LogP contribution in [-0.4, -0.2) is 20.6 Å². The van der Waals surface area contributed by atoms with Crippen molar-refractivity contribution >= 4 is 9.84 Å². The van der Waals surface area contributed by atoms with Gasteiger partial charge in [-0.25, -0.2) is 17.2 Å². The number of aryl methyl sites for hydroxylation is 1. The maximum absolute atomic E-state index is 14.6. The van der Waals surface area contributed by atoms with E-state index in [2.05, 4.69) is 0 Å². The molecule has 31 heavy (non-hydrogen) atoms. The number of nitrogens with two attached hydrogens (primary N) is 1. The van der Waals surface area contributed by atoms with Crippen LogP contribution in [0.15, 0.2) is 47.4 Å². The molecular weight excluding hydrogens is 437 g/mol. The summed E-state index contributed by atoms with van der Waals surface area (Å²) in [6.45, 7) is 0.455. The summed E-state index contributed by atoms with van der Waals surface area (Å²) >= 11 is 0. The highest BCUT2D eigenvalue weighted by atomic mass is 32.2. The Morgan fingerprint density at radius 2 is 1.68 bits per heavy atom. The standard InChI is InChI=1S/C22H22F5NO2S/c1-20(24,22(25,26)27)14-3-9-17-13(12-14)2-8-18-19(28)10-11-21(17,18)31(29,30)16-6-4-15(23)5-7-16/h3-7,9,12,18-19H,2,8,10-11,28H2,1H3/t18-,19-,20?,21+/m1/s1. The Kier molecular flexibility index (Phi) is 5.01. The summed E-state index contributed by atoms with van der Waals surface area (Å²) < 4.78 is 93.8. The van der Waals surface area contributed by atoms with Gasteiger partial charge in [0.1, 0.15) is 10.6 Å². The van der Waals surface area contributed by atoms with Gasteiger partial charge in [-0.2, -0.15) is 13.2 Å². The summed E-state index contributed by atoms with van der Waals surface area (Å²) in [6, 6.07) is 7.53. The van der Waals surface area contributed by atoms with Crippen molar-refractivity contribution in [3.8, 4) is 0 Å². The minimum atomic E-state index is -5.11. The Morgan fingerprint density at radius 3 is 2.29 bits per heavy atom. The van der Waals surface area contributed by atoms with Crippen molar-refractivity contribution < 1.29 is 30.4 Å². The summed E-state index contributed by atoms with van der Waals surface area (Å²) in [5, 5.41) is 0. The van der Waals surface area contributed by atoms with Crippen LogP contribution in [0.5, 0.6) is 0 Å². The first kappa shape index (κ1) is 22.2. The van der Waals surface area contributed by atoms with Crippen LogP contribution in [0.4, 0.5) is 22.0 Å². The number of hydrogen-bond acceptors (Lipinski definition) is 3. The minimum absolute atomic E-state index is 0.0736. The summed E-state index contributed by atoms with van der Waals surface area (Å²) in [7, 11) is -4.06. The second-order valence-corrected chi connectivity index (χ2v) is 10.8. The van der Waals surface area contributed by atoms with Crippen LogP contribution in [0.3, 0.4) is 0 Å². The van der Waals surface area contributed by atoms with Crippen LogP contribution in [0.2, 0.25) is 0 Å². The maximum atomic E-state index is 14.6. The van der Waals surface area contributed by atoms with Gasteiger partial charge in [-0.1, -0.05) is 18.2 Å². The number of sulfone groups is 1. The highest BCUT2D eigenvalue weighted by Crippen LogP contribution is 2.57. The van der Waals surface area contributed by atoms with Crippen molar-refractivity contribution in [1.82, 2.24) is 0 Å². The van der Waals surface area contributed by atoms with E-state index in [9.17, 15) is 30.4 Å². The Morgan fingerprint density at radius 1 is 1.03 bits per heavy atom. The quantitative estimate of drug-likeness (QED) is 0.523. The molecule has 168 valence electrons. The van der Waals surface area contributed by atoms with Crippen LogP contribution < -0.4 is 5.73 Å². The predicted molar refractivity (Wildman–Crippen MR) is 105 cm³/mol. The molecule has 4 atom stereocenters. The highest BCUT2D eigenvalue weighted by Gasteiger charge is 2.60. The van der Waals surface area contributed by atoms with Gasteiger partial charge in [-0.3, -0.25) is 0 Å². The zero-order valence-corrected chi connectivity index (χ0v) is 17.5. The number of hydrogen-bond donors (Lipinski definition) is 1. The summed E-state index contributed by atoms with van der Waals surface area (Å²) in [5.41, 5.74) is 2.87. The molecule has 0 radical (unpaired) electrons. The SMILES string of the molecule is CC(F)(c1ccc2c(c1)CC[C@@H]1[C@H](N)CC[C@]21S(=O)(=O)c1ccc(F)cc1)C(F)(F)F. The lowest BCUT2D eigenvalue weighted by Gasteiger charge is -2.42. The van der Waals surface area contributed by atoms with Gasteiger partial charge >= 0.3 is 6.18 Å². The average Bonchev–Trinajstić information content (AvgIpc) is 3.05. The largest absolute Gasteiger partial charge is 0.426 e. The number of alkyl halides is 4.